The summed E-state index contributed by atoms with van der Waals surface area (Å²) in [4.78, 5) is 13.1. The van der Waals surface area contributed by atoms with Crippen LogP contribution >= 0.6 is 34.5 Å². The Balaban J connectivity index is 2.23. The highest BCUT2D eigenvalue weighted by Crippen LogP contribution is 2.32. The number of phenols is 1. The van der Waals surface area contributed by atoms with Crippen molar-refractivity contribution in [2.45, 2.75) is 6.92 Å². The second kappa shape index (κ2) is 4.81. The maximum Gasteiger partial charge on any atom is 0.272 e. The van der Waals surface area contributed by atoms with Crippen LogP contribution in [0.5, 0.6) is 5.75 Å². The van der Waals surface area contributed by atoms with Gasteiger partial charge in [0, 0.05) is 11.1 Å². The van der Waals surface area contributed by atoms with E-state index in [-0.39, 0.29) is 16.7 Å². The average Bonchev–Trinajstić information content (AvgIpc) is 2.93. The molecule has 1 N–H and O–H groups in total. The van der Waals surface area contributed by atoms with Crippen molar-refractivity contribution in [3.8, 4) is 5.75 Å². The highest BCUT2D eigenvalue weighted by atomic mass is 35.5. The first-order chi connectivity index (χ1) is 9.47. The Kier molecular flexibility index (Phi) is 3.24. The molecule has 0 saturated heterocycles. The lowest BCUT2D eigenvalue weighted by Gasteiger charge is -2.05. The molecule has 6 heteroatoms. The number of aromatic hydroxyl groups is 1. The van der Waals surface area contributed by atoms with Gasteiger partial charge in [-0.25, -0.2) is 0 Å². The fourth-order valence-corrected chi connectivity index (χ4v) is 3.30. The molecule has 2 heterocycles. The summed E-state index contributed by atoms with van der Waals surface area (Å²) in [5, 5.41) is 10.6. The van der Waals surface area contributed by atoms with E-state index >= 15 is 0 Å². The van der Waals surface area contributed by atoms with Crippen LogP contribution in [-0.4, -0.2) is 15.6 Å². The van der Waals surface area contributed by atoms with Crippen LogP contribution in [0.3, 0.4) is 0 Å². The van der Waals surface area contributed by atoms with Gasteiger partial charge in [0.2, 0.25) is 0 Å². The Morgan fingerprint density at radius 2 is 2.00 bits per heavy atom. The predicted octanol–water partition coefficient (Wildman–Crippen LogP) is 4.71. The number of aryl methyl sites for hydroxylation is 1. The number of thiophene rings is 1. The number of benzene rings is 1. The van der Waals surface area contributed by atoms with Gasteiger partial charge in [-0.2, -0.15) is 0 Å². The second-order valence-electron chi connectivity index (χ2n) is 4.39. The summed E-state index contributed by atoms with van der Waals surface area (Å²) in [6.07, 6.45) is 0. The molecule has 0 amide bonds. The smallest absolute Gasteiger partial charge is 0.272 e. The van der Waals surface area contributed by atoms with Gasteiger partial charge >= 0.3 is 0 Å². The standard InChI is InChI=1S/C14H9Cl2NO2S/c1-7-4-8-5-11(18)9(15)6-10(8)17(7)14(19)12-2-3-13(16)20-12/h2-6,18H,1H3. The monoisotopic (exact) mass is 325 g/mol. The summed E-state index contributed by atoms with van der Waals surface area (Å²) >= 11 is 13.0. The highest BCUT2D eigenvalue weighted by molar-refractivity contribution is 7.18. The van der Waals surface area contributed by atoms with Gasteiger partial charge in [0.25, 0.3) is 5.91 Å². The molecular formula is C14H9Cl2NO2S. The molecule has 1 aromatic carbocycles. The summed E-state index contributed by atoms with van der Waals surface area (Å²) in [6, 6.07) is 8.36. The van der Waals surface area contributed by atoms with Crippen LogP contribution in [0.2, 0.25) is 9.36 Å². The summed E-state index contributed by atoms with van der Waals surface area (Å²) in [7, 11) is 0. The number of phenolic OH excluding ortho intramolecular Hbond substituents is 1. The molecule has 102 valence electrons. The lowest BCUT2D eigenvalue weighted by Crippen LogP contribution is -2.11. The Morgan fingerprint density at radius 3 is 2.65 bits per heavy atom. The van der Waals surface area contributed by atoms with Crippen LogP contribution in [0.4, 0.5) is 0 Å². The topological polar surface area (TPSA) is 42.2 Å². The molecule has 0 unspecified atom stereocenters. The molecule has 0 radical (unpaired) electrons. The van der Waals surface area contributed by atoms with E-state index in [4.69, 9.17) is 23.2 Å². The molecule has 0 aliphatic carbocycles. The van der Waals surface area contributed by atoms with Crippen molar-refractivity contribution in [3.05, 3.63) is 50.3 Å². The van der Waals surface area contributed by atoms with Gasteiger partial charge in [0.1, 0.15) is 5.75 Å². The second-order valence-corrected chi connectivity index (χ2v) is 6.51. The maximum atomic E-state index is 12.6. The first-order valence-electron chi connectivity index (χ1n) is 5.78. The Labute approximate surface area is 129 Å². The minimum absolute atomic E-state index is 0.00272. The first kappa shape index (κ1) is 13.5. The SMILES string of the molecule is Cc1cc2cc(O)c(Cl)cc2n1C(=O)c1ccc(Cl)s1. The molecule has 2 aromatic heterocycles. The fourth-order valence-electron chi connectivity index (χ4n) is 2.17. The van der Waals surface area contributed by atoms with Gasteiger partial charge in [-0.15, -0.1) is 11.3 Å². The van der Waals surface area contributed by atoms with Crippen molar-refractivity contribution < 1.29 is 9.90 Å². The van der Waals surface area contributed by atoms with Crippen molar-refractivity contribution in [3.63, 3.8) is 0 Å². The lowest BCUT2D eigenvalue weighted by molar-refractivity contribution is 0.0967. The molecule has 0 spiro atoms. The molecule has 0 fully saturated rings. The normalized spacial score (nSPS) is 11.2. The number of rotatable bonds is 1. The number of carbonyl (C=O) groups excluding carboxylic acids is 1. The van der Waals surface area contributed by atoms with Crippen molar-refractivity contribution in [2.75, 3.05) is 0 Å². The zero-order valence-corrected chi connectivity index (χ0v) is 12.7. The molecule has 0 aliphatic rings. The van der Waals surface area contributed by atoms with E-state index in [1.54, 1.807) is 28.8 Å². The van der Waals surface area contributed by atoms with E-state index in [9.17, 15) is 9.90 Å². The molecule has 3 nitrogen and oxygen atoms in total. The Morgan fingerprint density at radius 1 is 1.25 bits per heavy atom. The molecule has 0 atom stereocenters. The van der Waals surface area contributed by atoms with E-state index in [0.29, 0.717) is 14.7 Å². The van der Waals surface area contributed by atoms with Gasteiger partial charge < -0.3 is 5.11 Å². The van der Waals surface area contributed by atoms with Gasteiger partial charge in [-0.3, -0.25) is 9.36 Å². The number of halogens is 2. The first-order valence-corrected chi connectivity index (χ1v) is 7.35. The summed E-state index contributed by atoms with van der Waals surface area (Å²) < 4.78 is 2.14. The minimum atomic E-state index is -0.156. The number of aromatic nitrogens is 1. The van der Waals surface area contributed by atoms with Crippen LogP contribution in [0.25, 0.3) is 10.9 Å². The van der Waals surface area contributed by atoms with Crippen molar-refractivity contribution in [1.82, 2.24) is 4.57 Å². The van der Waals surface area contributed by atoms with Crippen LogP contribution < -0.4 is 0 Å². The third-order valence-corrected chi connectivity index (χ3v) is 4.56. The largest absolute Gasteiger partial charge is 0.506 e. The molecule has 20 heavy (non-hydrogen) atoms. The molecular weight excluding hydrogens is 317 g/mol. The van der Waals surface area contributed by atoms with Gasteiger partial charge in [0.05, 0.1) is 19.8 Å². The van der Waals surface area contributed by atoms with Gasteiger partial charge in [0.15, 0.2) is 0 Å². The summed E-state index contributed by atoms with van der Waals surface area (Å²) in [5.41, 5.74) is 1.44. The molecule has 0 aliphatic heterocycles. The Bertz CT molecular complexity index is 835. The van der Waals surface area contributed by atoms with Crippen LogP contribution in [-0.2, 0) is 0 Å². The summed E-state index contributed by atoms with van der Waals surface area (Å²) in [6.45, 7) is 1.83. The van der Waals surface area contributed by atoms with Gasteiger partial charge in [-0.1, -0.05) is 23.2 Å². The highest BCUT2D eigenvalue weighted by Gasteiger charge is 2.17. The Hall–Kier alpha value is -1.49. The zero-order valence-electron chi connectivity index (χ0n) is 10.4. The van der Waals surface area contributed by atoms with E-state index in [1.165, 1.54) is 11.3 Å². The predicted molar refractivity (Wildman–Crippen MR) is 82.4 cm³/mol. The molecule has 3 rings (SSSR count). The number of carbonyl (C=O) groups is 1. The van der Waals surface area contributed by atoms with Crippen molar-refractivity contribution >= 4 is 51.3 Å². The number of hydrogen-bond donors (Lipinski definition) is 1. The maximum absolute atomic E-state index is 12.6. The van der Waals surface area contributed by atoms with Crippen LogP contribution in [0.1, 0.15) is 15.4 Å². The fraction of sp³-hybridized carbons (Fsp3) is 0.0714. The van der Waals surface area contributed by atoms with Crippen molar-refractivity contribution in [2.24, 2.45) is 0 Å². The quantitative estimate of drug-likeness (QED) is 0.703. The van der Waals surface area contributed by atoms with E-state index < -0.39 is 0 Å². The van der Waals surface area contributed by atoms with Crippen LogP contribution in [0.15, 0.2) is 30.3 Å². The average molecular weight is 326 g/mol. The third-order valence-electron chi connectivity index (χ3n) is 3.04. The lowest BCUT2D eigenvalue weighted by atomic mass is 10.2. The number of nitrogens with zero attached hydrogens (tertiary/aromatic N) is 1. The molecule has 0 saturated carbocycles. The van der Waals surface area contributed by atoms with E-state index in [1.807, 2.05) is 13.0 Å². The molecule has 3 aromatic rings. The van der Waals surface area contributed by atoms with Crippen LogP contribution in [0, 0.1) is 6.92 Å². The number of hydrogen-bond acceptors (Lipinski definition) is 3. The van der Waals surface area contributed by atoms with E-state index in [0.717, 1.165) is 11.1 Å². The van der Waals surface area contributed by atoms with E-state index in [2.05, 4.69) is 0 Å². The zero-order chi connectivity index (χ0) is 14.4. The van der Waals surface area contributed by atoms with Gasteiger partial charge in [-0.05, 0) is 37.3 Å². The van der Waals surface area contributed by atoms with Crippen molar-refractivity contribution in [1.29, 1.82) is 0 Å². The molecule has 0 bridgehead atoms. The summed E-state index contributed by atoms with van der Waals surface area (Å²) in [5.74, 6) is -0.154. The number of fused-ring (bicyclic) bond motifs is 1. The minimum Gasteiger partial charge on any atom is -0.506 e. The third kappa shape index (κ3) is 2.10.